The van der Waals surface area contributed by atoms with Crippen molar-refractivity contribution in [3.8, 4) is 5.75 Å². The van der Waals surface area contributed by atoms with E-state index in [9.17, 15) is 4.79 Å². The number of aromatic nitrogens is 1. The van der Waals surface area contributed by atoms with E-state index in [1.807, 2.05) is 43.5 Å². The standard InChI is InChI=1S/C15H17NO3/c1-11-7-9-16(14(11)15(17)18)10-8-12-3-5-13(19-2)6-4-12/h3-7,9H,8,10H2,1-2H3,(H,17,18). The molecule has 2 aromatic rings. The number of nitrogens with zero attached hydrogens (tertiary/aromatic N) is 1. The molecule has 0 bridgehead atoms. The number of carbonyl (C=O) groups is 1. The molecule has 1 aromatic heterocycles. The molecule has 0 unspecified atom stereocenters. The fraction of sp³-hybridized carbons (Fsp3) is 0.267. The molecule has 4 nitrogen and oxygen atoms in total. The molecule has 0 fully saturated rings. The van der Waals surface area contributed by atoms with Gasteiger partial charge < -0.3 is 14.4 Å². The van der Waals surface area contributed by atoms with Crippen molar-refractivity contribution in [2.24, 2.45) is 0 Å². The lowest BCUT2D eigenvalue weighted by Gasteiger charge is -2.08. The third-order valence-corrected chi connectivity index (χ3v) is 3.17. The van der Waals surface area contributed by atoms with E-state index in [-0.39, 0.29) is 0 Å². The van der Waals surface area contributed by atoms with Crippen molar-refractivity contribution in [1.29, 1.82) is 0 Å². The molecule has 19 heavy (non-hydrogen) atoms. The summed E-state index contributed by atoms with van der Waals surface area (Å²) >= 11 is 0. The zero-order valence-corrected chi connectivity index (χ0v) is 11.1. The molecule has 1 N–H and O–H groups in total. The van der Waals surface area contributed by atoms with Crippen molar-refractivity contribution >= 4 is 5.97 Å². The van der Waals surface area contributed by atoms with Crippen molar-refractivity contribution in [2.75, 3.05) is 7.11 Å². The number of benzene rings is 1. The fourth-order valence-corrected chi connectivity index (χ4v) is 2.10. The molecule has 4 heteroatoms. The lowest BCUT2D eigenvalue weighted by molar-refractivity contribution is 0.0684. The summed E-state index contributed by atoms with van der Waals surface area (Å²) in [6, 6.07) is 9.64. The molecular formula is C15H17NO3. The Bertz CT molecular complexity index is 570. The van der Waals surface area contributed by atoms with E-state index in [1.165, 1.54) is 0 Å². The molecule has 2 rings (SSSR count). The number of aromatic carboxylic acids is 1. The average molecular weight is 259 g/mol. The van der Waals surface area contributed by atoms with Gasteiger partial charge >= 0.3 is 5.97 Å². The summed E-state index contributed by atoms with van der Waals surface area (Å²) in [6.07, 6.45) is 2.61. The predicted octanol–water partition coefficient (Wildman–Crippen LogP) is 2.75. The van der Waals surface area contributed by atoms with E-state index in [0.29, 0.717) is 12.2 Å². The second-order valence-electron chi connectivity index (χ2n) is 4.44. The Morgan fingerprint density at radius 3 is 2.53 bits per heavy atom. The number of hydrogen-bond acceptors (Lipinski definition) is 2. The van der Waals surface area contributed by atoms with Crippen molar-refractivity contribution in [3.05, 3.63) is 53.3 Å². The van der Waals surface area contributed by atoms with E-state index in [4.69, 9.17) is 9.84 Å². The van der Waals surface area contributed by atoms with Crippen LogP contribution in [0.2, 0.25) is 0 Å². The summed E-state index contributed by atoms with van der Waals surface area (Å²) in [7, 11) is 1.64. The fourth-order valence-electron chi connectivity index (χ4n) is 2.10. The quantitative estimate of drug-likeness (QED) is 0.898. The van der Waals surface area contributed by atoms with Crippen LogP contribution < -0.4 is 4.74 Å². The van der Waals surface area contributed by atoms with Crippen LogP contribution in [0.15, 0.2) is 36.5 Å². The molecule has 0 aliphatic heterocycles. The number of carboxylic acid groups (broad SMARTS) is 1. The summed E-state index contributed by atoms with van der Waals surface area (Å²) in [4.78, 5) is 11.2. The number of aryl methyl sites for hydroxylation is 3. The van der Waals surface area contributed by atoms with E-state index in [2.05, 4.69) is 0 Å². The molecule has 0 amide bonds. The largest absolute Gasteiger partial charge is 0.497 e. The van der Waals surface area contributed by atoms with Gasteiger partial charge in [-0.2, -0.15) is 0 Å². The minimum absolute atomic E-state index is 0.369. The summed E-state index contributed by atoms with van der Waals surface area (Å²) < 4.78 is 6.88. The molecule has 1 heterocycles. The summed E-state index contributed by atoms with van der Waals surface area (Å²) in [6.45, 7) is 2.47. The van der Waals surface area contributed by atoms with Gasteiger partial charge in [0.25, 0.3) is 0 Å². The van der Waals surface area contributed by atoms with Crippen LogP contribution in [-0.4, -0.2) is 22.8 Å². The van der Waals surface area contributed by atoms with Gasteiger partial charge in [0.05, 0.1) is 7.11 Å². The van der Waals surface area contributed by atoms with Crippen LogP contribution in [0, 0.1) is 6.92 Å². The van der Waals surface area contributed by atoms with Gasteiger partial charge in [-0.05, 0) is 42.7 Å². The van der Waals surface area contributed by atoms with E-state index in [0.717, 1.165) is 23.3 Å². The first-order chi connectivity index (χ1) is 9.11. The Kier molecular flexibility index (Phi) is 3.90. The van der Waals surface area contributed by atoms with Gasteiger partial charge in [0, 0.05) is 12.7 Å². The van der Waals surface area contributed by atoms with Crippen LogP contribution in [-0.2, 0) is 13.0 Å². The number of hydrogen-bond donors (Lipinski definition) is 1. The van der Waals surface area contributed by atoms with Crippen LogP contribution in [0.5, 0.6) is 5.75 Å². The lowest BCUT2D eigenvalue weighted by atomic mass is 10.1. The molecular weight excluding hydrogens is 242 g/mol. The van der Waals surface area contributed by atoms with Gasteiger partial charge in [0.2, 0.25) is 0 Å². The van der Waals surface area contributed by atoms with Gasteiger partial charge in [0.1, 0.15) is 11.4 Å². The Labute approximate surface area is 112 Å². The smallest absolute Gasteiger partial charge is 0.352 e. The van der Waals surface area contributed by atoms with E-state index >= 15 is 0 Å². The Morgan fingerprint density at radius 1 is 1.26 bits per heavy atom. The van der Waals surface area contributed by atoms with Crippen molar-refractivity contribution in [2.45, 2.75) is 19.9 Å². The number of methoxy groups -OCH3 is 1. The maximum Gasteiger partial charge on any atom is 0.352 e. The molecule has 1 aromatic carbocycles. The molecule has 0 aliphatic carbocycles. The second kappa shape index (κ2) is 5.61. The highest BCUT2D eigenvalue weighted by Gasteiger charge is 2.12. The minimum Gasteiger partial charge on any atom is -0.497 e. The maximum absolute atomic E-state index is 11.2. The molecule has 0 spiro atoms. The third-order valence-electron chi connectivity index (χ3n) is 3.17. The first-order valence-electron chi connectivity index (χ1n) is 6.14. The van der Waals surface area contributed by atoms with E-state index in [1.54, 1.807) is 11.7 Å². The molecule has 0 aliphatic rings. The predicted molar refractivity (Wildman–Crippen MR) is 72.8 cm³/mol. The van der Waals surface area contributed by atoms with Crippen molar-refractivity contribution < 1.29 is 14.6 Å². The molecule has 0 saturated heterocycles. The molecule has 0 saturated carbocycles. The maximum atomic E-state index is 11.2. The van der Waals surface area contributed by atoms with Crippen LogP contribution in [0.4, 0.5) is 0 Å². The number of ether oxygens (including phenoxy) is 1. The van der Waals surface area contributed by atoms with Crippen LogP contribution in [0.3, 0.4) is 0 Å². The first-order valence-corrected chi connectivity index (χ1v) is 6.14. The monoisotopic (exact) mass is 259 g/mol. The van der Waals surface area contributed by atoms with Crippen LogP contribution in [0.1, 0.15) is 21.6 Å². The lowest BCUT2D eigenvalue weighted by Crippen LogP contribution is -2.10. The second-order valence-corrected chi connectivity index (χ2v) is 4.44. The first kappa shape index (κ1) is 13.2. The van der Waals surface area contributed by atoms with E-state index < -0.39 is 5.97 Å². The molecule has 100 valence electrons. The topological polar surface area (TPSA) is 51.5 Å². The van der Waals surface area contributed by atoms with Gasteiger partial charge in [-0.15, -0.1) is 0 Å². The zero-order chi connectivity index (χ0) is 13.8. The number of rotatable bonds is 5. The number of carboxylic acids is 1. The summed E-state index contributed by atoms with van der Waals surface area (Å²) in [5.74, 6) is -0.0518. The molecule has 0 atom stereocenters. The highest BCUT2D eigenvalue weighted by molar-refractivity contribution is 5.87. The highest BCUT2D eigenvalue weighted by atomic mass is 16.5. The Balaban J connectivity index is 2.08. The average Bonchev–Trinajstić information content (AvgIpc) is 2.78. The van der Waals surface area contributed by atoms with Crippen LogP contribution >= 0.6 is 0 Å². The van der Waals surface area contributed by atoms with Crippen LogP contribution in [0.25, 0.3) is 0 Å². The minimum atomic E-state index is -0.878. The van der Waals surface area contributed by atoms with Gasteiger partial charge in [-0.25, -0.2) is 4.79 Å². The third kappa shape index (κ3) is 2.96. The summed E-state index contributed by atoms with van der Waals surface area (Å²) in [5, 5.41) is 9.16. The van der Waals surface area contributed by atoms with Gasteiger partial charge in [-0.1, -0.05) is 12.1 Å². The van der Waals surface area contributed by atoms with Gasteiger partial charge in [-0.3, -0.25) is 0 Å². The zero-order valence-electron chi connectivity index (χ0n) is 11.1. The van der Waals surface area contributed by atoms with Gasteiger partial charge in [0.15, 0.2) is 0 Å². The Morgan fingerprint density at radius 2 is 1.95 bits per heavy atom. The normalized spacial score (nSPS) is 10.4. The SMILES string of the molecule is COc1ccc(CCn2ccc(C)c2C(=O)O)cc1. The Hall–Kier alpha value is -2.23. The molecule has 0 radical (unpaired) electrons. The highest BCUT2D eigenvalue weighted by Crippen LogP contribution is 2.14. The van der Waals surface area contributed by atoms with Crippen molar-refractivity contribution in [3.63, 3.8) is 0 Å². The summed E-state index contributed by atoms with van der Waals surface area (Å²) in [5.41, 5.74) is 2.32. The van der Waals surface area contributed by atoms with Crippen molar-refractivity contribution in [1.82, 2.24) is 4.57 Å².